The maximum absolute atomic E-state index is 12.7. The standard InChI is InChI=1S/C21H21BrN4O4S2/c1-3-10-26-18(13-8-9-15(22)30-13)24-25-21(26)31-11-16(27)23-19-17(20(28)29-2)12-6-4-5-7-14(12)32-19/h3,8-9H,1,4-7,10-11H2,2H3,(H,23,27). The number of fused-ring (bicyclic) bond motifs is 1. The Morgan fingerprint density at radius 1 is 1.38 bits per heavy atom. The number of nitrogens with zero attached hydrogens (tertiary/aromatic N) is 3. The molecule has 0 atom stereocenters. The number of rotatable bonds is 8. The number of thioether (sulfide) groups is 1. The van der Waals surface area contributed by atoms with Crippen LogP contribution in [-0.4, -0.2) is 39.5 Å². The molecular formula is C21H21BrN4O4S2. The smallest absolute Gasteiger partial charge is 0.341 e. The number of furan rings is 1. The molecule has 1 aliphatic rings. The molecule has 1 N–H and O–H groups in total. The normalized spacial score (nSPS) is 12.9. The van der Waals surface area contributed by atoms with Crippen LogP contribution in [0, 0.1) is 0 Å². The highest BCUT2D eigenvalue weighted by molar-refractivity contribution is 9.10. The van der Waals surface area contributed by atoms with E-state index in [4.69, 9.17) is 9.15 Å². The van der Waals surface area contributed by atoms with E-state index in [9.17, 15) is 9.59 Å². The zero-order chi connectivity index (χ0) is 22.7. The maximum atomic E-state index is 12.7. The zero-order valence-electron chi connectivity index (χ0n) is 17.4. The number of carbonyl (C=O) groups is 2. The van der Waals surface area contributed by atoms with Crippen LogP contribution in [0.5, 0.6) is 0 Å². The number of thiophene rings is 1. The van der Waals surface area contributed by atoms with E-state index < -0.39 is 5.97 Å². The predicted molar refractivity (Wildman–Crippen MR) is 127 cm³/mol. The Labute approximate surface area is 201 Å². The number of methoxy groups -OCH3 is 1. The number of esters is 1. The quantitative estimate of drug-likeness (QED) is 0.247. The van der Waals surface area contributed by atoms with E-state index in [1.54, 1.807) is 18.2 Å². The number of carbonyl (C=O) groups excluding carboxylic acids is 2. The molecule has 0 bridgehead atoms. The number of hydrogen-bond donors (Lipinski definition) is 1. The third-order valence-corrected chi connectivity index (χ3v) is 7.57. The van der Waals surface area contributed by atoms with Gasteiger partial charge in [0.2, 0.25) is 11.7 Å². The summed E-state index contributed by atoms with van der Waals surface area (Å²) in [5.41, 5.74) is 1.50. The second-order valence-corrected chi connectivity index (χ2v) is 9.88. The Morgan fingerprint density at radius 2 is 2.19 bits per heavy atom. The van der Waals surface area contributed by atoms with Crippen molar-refractivity contribution in [2.24, 2.45) is 0 Å². The lowest BCUT2D eigenvalue weighted by Crippen LogP contribution is -2.17. The molecule has 0 saturated carbocycles. The Balaban J connectivity index is 1.49. The molecule has 3 aromatic rings. The Hall–Kier alpha value is -2.37. The summed E-state index contributed by atoms with van der Waals surface area (Å²) < 4.78 is 13.0. The molecule has 32 heavy (non-hydrogen) atoms. The first kappa shape index (κ1) is 22.8. The van der Waals surface area contributed by atoms with E-state index in [-0.39, 0.29) is 11.7 Å². The number of halogens is 1. The van der Waals surface area contributed by atoms with Crippen molar-refractivity contribution in [3.05, 3.63) is 45.5 Å². The Morgan fingerprint density at radius 3 is 2.91 bits per heavy atom. The lowest BCUT2D eigenvalue weighted by atomic mass is 9.95. The minimum atomic E-state index is -0.410. The first-order chi connectivity index (χ1) is 15.5. The van der Waals surface area contributed by atoms with E-state index in [1.165, 1.54) is 30.2 Å². The average molecular weight is 537 g/mol. The SMILES string of the molecule is C=CCn1c(SCC(=O)Nc2sc3c(c2C(=O)OC)CCCC3)nnc1-c1ccc(Br)o1. The van der Waals surface area contributed by atoms with Gasteiger partial charge in [0, 0.05) is 11.4 Å². The highest BCUT2D eigenvalue weighted by Gasteiger charge is 2.27. The van der Waals surface area contributed by atoms with E-state index in [2.05, 4.69) is 38.0 Å². The van der Waals surface area contributed by atoms with Crippen LogP contribution < -0.4 is 5.32 Å². The number of aromatic nitrogens is 3. The molecule has 3 heterocycles. The van der Waals surface area contributed by atoms with Crippen LogP contribution in [0.4, 0.5) is 5.00 Å². The lowest BCUT2D eigenvalue weighted by molar-refractivity contribution is -0.113. The number of hydrogen-bond acceptors (Lipinski definition) is 8. The third-order valence-electron chi connectivity index (χ3n) is 4.97. The molecule has 11 heteroatoms. The van der Waals surface area contributed by atoms with E-state index in [0.717, 1.165) is 36.1 Å². The topological polar surface area (TPSA) is 99.2 Å². The number of anilines is 1. The summed E-state index contributed by atoms with van der Waals surface area (Å²) in [5.74, 6) is 0.591. The fourth-order valence-electron chi connectivity index (χ4n) is 3.57. The minimum Gasteiger partial charge on any atom is -0.465 e. The molecule has 8 nitrogen and oxygen atoms in total. The first-order valence-electron chi connectivity index (χ1n) is 9.97. The summed E-state index contributed by atoms with van der Waals surface area (Å²) in [7, 11) is 1.36. The van der Waals surface area contributed by atoms with Crippen LogP contribution in [-0.2, 0) is 28.9 Å². The molecule has 0 fully saturated rings. The van der Waals surface area contributed by atoms with Gasteiger partial charge in [-0.3, -0.25) is 9.36 Å². The number of aryl methyl sites for hydroxylation is 1. The van der Waals surface area contributed by atoms with Gasteiger partial charge in [-0.05, 0) is 59.3 Å². The number of ether oxygens (including phenoxy) is 1. The molecule has 168 valence electrons. The molecule has 0 saturated heterocycles. The summed E-state index contributed by atoms with van der Waals surface area (Å²) in [5, 5.41) is 12.5. The van der Waals surface area contributed by atoms with Gasteiger partial charge in [-0.25, -0.2) is 4.79 Å². The van der Waals surface area contributed by atoms with Crippen molar-refractivity contribution in [2.45, 2.75) is 37.4 Å². The summed E-state index contributed by atoms with van der Waals surface area (Å²) >= 11 is 6.01. The van der Waals surface area contributed by atoms with Crippen LogP contribution >= 0.6 is 39.0 Å². The second-order valence-electron chi connectivity index (χ2n) is 7.05. The van der Waals surface area contributed by atoms with Gasteiger partial charge in [0.25, 0.3) is 0 Å². The van der Waals surface area contributed by atoms with Crippen LogP contribution in [0.15, 0.2) is 39.0 Å². The number of amides is 1. The van der Waals surface area contributed by atoms with E-state index in [1.807, 2.05) is 4.57 Å². The Kier molecular flexibility index (Phi) is 7.17. The minimum absolute atomic E-state index is 0.111. The van der Waals surface area contributed by atoms with Crippen molar-refractivity contribution in [2.75, 3.05) is 18.2 Å². The van der Waals surface area contributed by atoms with Gasteiger partial charge in [-0.1, -0.05) is 17.8 Å². The van der Waals surface area contributed by atoms with Crippen LogP contribution in [0.1, 0.15) is 33.6 Å². The average Bonchev–Trinajstić information content (AvgIpc) is 3.48. The monoisotopic (exact) mass is 536 g/mol. The molecule has 0 aromatic carbocycles. The van der Waals surface area contributed by atoms with Crippen molar-refractivity contribution in [1.82, 2.24) is 14.8 Å². The maximum Gasteiger partial charge on any atom is 0.341 e. The van der Waals surface area contributed by atoms with Gasteiger partial charge < -0.3 is 14.5 Å². The molecule has 1 amide bonds. The molecule has 0 radical (unpaired) electrons. The molecule has 4 rings (SSSR count). The largest absolute Gasteiger partial charge is 0.465 e. The summed E-state index contributed by atoms with van der Waals surface area (Å²) in [4.78, 5) is 26.3. The van der Waals surface area contributed by atoms with Crippen molar-refractivity contribution >= 4 is 55.9 Å². The van der Waals surface area contributed by atoms with Gasteiger partial charge in [-0.15, -0.1) is 28.1 Å². The van der Waals surface area contributed by atoms with Gasteiger partial charge >= 0.3 is 5.97 Å². The Bertz CT molecular complexity index is 1170. The highest BCUT2D eigenvalue weighted by atomic mass is 79.9. The summed E-state index contributed by atoms with van der Waals surface area (Å²) in [6, 6.07) is 3.57. The highest BCUT2D eigenvalue weighted by Crippen LogP contribution is 2.38. The van der Waals surface area contributed by atoms with Crippen molar-refractivity contribution in [1.29, 1.82) is 0 Å². The zero-order valence-corrected chi connectivity index (χ0v) is 20.6. The van der Waals surface area contributed by atoms with Crippen molar-refractivity contribution < 1.29 is 18.7 Å². The molecule has 1 aliphatic carbocycles. The number of nitrogens with one attached hydrogen (secondary N) is 1. The van der Waals surface area contributed by atoms with E-state index >= 15 is 0 Å². The number of allylic oxidation sites excluding steroid dienone is 1. The van der Waals surface area contributed by atoms with Gasteiger partial charge in [0.1, 0.15) is 5.00 Å². The van der Waals surface area contributed by atoms with Gasteiger partial charge in [0.05, 0.1) is 18.4 Å². The summed E-state index contributed by atoms with van der Waals surface area (Å²) in [6.45, 7) is 4.25. The third kappa shape index (κ3) is 4.69. The van der Waals surface area contributed by atoms with Crippen molar-refractivity contribution in [3.8, 4) is 11.6 Å². The molecule has 0 unspecified atom stereocenters. The van der Waals surface area contributed by atoms with Gasteiger partial charge in [0.15, 0.2) is 15.6 Å². The molecule has 0 aliphatic heterocycles. The first-order valence-corrected chi connectivity index (χ1v) is 12.6. The van der Waals surface area contributed by atoms with Gasteiger partial charge in [-0.2, -0.15) is 0 Å². The fraction of sp³-hybridized carbons (Fsp3) is 0.333. The van der Waals surface area contributed by atoms with Crippen LogP contribution in [0.3, 0.4) is 0 Å². The summed E-state index contributed by atoms with van der Waals surface area (Å²) in [6.07, 6.45) is 5.60. The lowest BCUT2D eigenvalue weighted by Gasteiger charge is -2.11. The predicted octanol–water partition coefficient (Wildman–Crippen LogP) is 4.94. The van der Waals surface area contributed by atoms with E-state index in [0.29, 0.717) is 38.5 Å². The molecule has 3 aromatic heterocycles. The molecular weight excluding hydrogens is 516 g/mol. The molecule has 0 spiro atoms. The fourth-order valence-corrected chi connectivity index (χ4v) is 5.92. The van der Waals surface area contributed by atoms with Crippen LogP contribution in [0.2, 0.25) is 0 Å². The van der Waals surface area contributed by atoms with Crippen LogP contribution in [0.25, 0.3) is 11.6 Å². The second kappa shape index (κ2) is 10.1. The van der Waals surface area contributed by atoms with Crippen molar-refractivity contribution in [3.63, 3.8) is 0 Å².